The highest BCUT2D eigenvalue weighted by molar-refractivity contribution is 9.10. The minimum absolute atomic E-state index is 0.196. The smallest absolute Gasteiger partial charge is 0.126 e. The minimum atomic E-state index is -0.562. The lowest BCUT2D eigenvalue weighted by Gasteiger charge is -2.19. The van der Waals surface area contributed by atoms with Gasteiger partial charge in [-0.05, 0) is 71.6 Å². The molecule has 1 N–H and O–H groups in total. The van der Waals surface area contributed by atoms with Crippen LogP contribution in [-0.4, -0.2) is 0 Å². The van der Waals surface area contributed by atoms with Gasteiger partial charge in [-0.1, -0.05) is 6.07 Å². The average Bonchev–Trinajstić information content (AvgIpc) is 2.32. The number of rotatable bonds is 3. The number of hydrogen-bond acceptors (Lipinski definition) is 1. The Morgan fingerprint density at radius 1 is 1.00 bits per heavy atom. The molecule has 0 aliphatic heterocycles. The van der Waals surface area contributed by atoms with E-state index in [0.29, 0.717) is 5.56 Å². The van der Waals surface area contributed by atoms with Crippen molar-refractivity contribution in [1.82, 2.24) is 0 Å². The number of hydrogen-bond donors (Lipinski definition) is 1. The zero-order chi connectivity index (χ0) is 14.9. The highest BCUT2D eigenvalue weighted by Crippen LogP contribution is 2.31. The van der Waals surface area contributed by atoms with Crippen LogP contribution < -0.4 is 5.32 Å². The molecule has 0 aliphatic carbocycles. The molecule has 0 radical (unpaired) electrons. The molecule has 0 heterocycles. The van der Waals surface area contributed by atoms with Gasteiger partial charge in [0.1, 0.15) is 11.6 Å². The molecule has 106 valence electrons. The van der Waals surface area contributed by atoms with E-state index in [1.54, 1.807) is 0 Å². The van der Waals surface area contributed by atoms with Gasteiger partial charge in [-0.3, -0.25) is 0 Å². The lowest BCUT2D eigenvalue weighted by atomic mass is 10.1. The van der Waals surface area contributed by atoms with Gasteiger partial charge in [0.05, 0.1) is 5.69 Å². The first-order chi connectivity index (χ1) is 9.36. The second-order valence-corrected chi connectivity index (χ2v) is 5.86. The normalized spacial score (nSPS) is 12.3. The Labute approximate surface area is 126 Å². The van der Waals surface area contributed by atoms with E-state index in [1.165, 1.54) is 12.1 Å². The van der Waals surface area contributed by atoms with Gasteiger partial charge in [0, 0.05) is 16.6 Å². The van der Waals surface area contributed by atoms with Gasteiger partial charge in [0.25, 0.3) is 0 Å². The maximum absolute atomic E-state index is 13.3. The fourth-order valence-corrected chi connectivity index (χ4v) is 3.01. The highest BCUT2D eigenvalue weighted by Gasteiger charge is 2.12. The quantitative estimate of drug-likeness (QED) is 0.776. The Hall–Kier alpha value is -1.42. The Kier molecular flexibility index (Phi) is 4.43. The molecule has 0 saturated carbocycles. The van der Waals surface area contributed by atoms with Crippen LogP contribution in [0.5, 0.6) is 0 Å². The highest BCUT2D eigenvalue weighted by atomic mass is 79.9. The topological polar surface area (TPSA) is 12.0 Å². The fraction of sp³-hybridized carbons (Fsp3) is 0.250. The van der Waals surface area contributed by atoms with Crippen LogP contribution in [0, 0.1) is 25.5 Å². The Balaban J connectivity index is 2.30. The van der Waals surface area contributed by atoms with Crippen LogP contribution in [0.25, 0.3) is 0 Å². The van der Waals surface area contributed by atoms with Gasteiger partial charge < -0.3 is 5.32 Å². The molecule has 0 aromatic heterocycles. The molecule has 0 aliphatic rings. The summed E-state index contributed by atoms with van der Waals surface area (Å²) in [5.74, 6) is -1.12. The lowest BCUT2D eigenvalue weighted by Crippen LogP contribution is -2.09. The average molecular weight is 340 g/mol. The molecular formula is C16H16BrF2N. The Morgan fingerprint density at radius 3 is 2.15 bits per heavy atom. The van der Waals surface area contributed by atoms with Crippen LogP contribution in [0.3, 0.4) is 0 Å². The fourth-order valence-electron chi connectivity index (χ4n) is 2.22. The predicted molar refractivity (Wildman–Crippen MR) is 82.0 cm³/mol. The second kappa shape index (κ2) is 5.92. The summed E-state index contributed by atoms with van der Waals surface area (Å²) in [4.78, 5) is 0. The zero-order valence-electron chi connectivity index (χ0n) is 11.6. The summed E-state index contributed by atoms with van der Waals surface area (Å²) in [7, 11) is 0. The molecule has 1 nitrogen and oxygen atoms in total. The van der Waals surface area contributed by atoms with Crippen molar-refractivity contribution in [3.8, 4) is 0 Å². The molecule has 20 heavy (non-hydrogen) atoms. The van der Waals surface area contributed by atoms with Gasteiger partial charge in [0.2, 0.25) is 0 Å². The van der Waals surface area contributed by atoms with E-state index in [1.807, 2.05) is 26.8 Å². The molecule has 1 atom stereocenters. The summed E-state index contributed by atoms with van der Waals surface area (Å²) in [5.41, 5.74) is 3.76. The van der Waals surface area contributed by atoms with Gasteiger partial charge in [-0.2, -0.15) is 0 Å². The van der Waals surface area contributed by atoms with Crippen molar-refractivity contribution in [2.75, 3.05) is 5.32 Å². The summed E-state index contributed by atoms with van der Waals surface area (Å²) in [5, 5.41) is 3.30. The predicted octanol–water partition coefficient (Wildman–Crippen LogP) is 5.52. The Bertz CT molecular complexity index is 597. The monoisotopic (exact) mass is 339 g/mol. The molecule has 2 rings (SSSR count). The van der Waals surface area contributed by atoms with E-state index in [9.17, 15) is 8.78 Å². The van der Waals surface area contributed by atoms with Crippen molar-refractivity contribution in [3.63, 3.8) is 0 Å². The van der Waals surface area contributed by atoms with Crippen molar-refractivity contribution in [2.24, 2.45) is 0 Å². The number of benzene rings is 2. The first-order valence-electron chi connectivity index (χ1n) is 6.36. The van der Waals surface area contributed by atoms with E-state index in [4.69, 9.17) is 0 Å². The van der Waals surface area contributed by atoms with Crippen LogP contribution in [0.1, 0.15) is 29.7 Å². The summed E-state index contributed by atoms with van der Waals surface area (Å²) in [6.45, 7) is 5.89. The number of anilines is 1. The molecule has 2 aromatic rings. The van der Waals surface area contributed by atoms with Crippen LogP contribution >= 0.6 is 15.9 Å². The van der Waals surface area contributed by atoms with Gasteiger partial charge >= 0.3 is 0 Å². The summed E-state index contributed by atoms with van der Waals surface area (Å²) in [6, 6.07) is 7.44. The van der Waals surface area contributed by atoms with Crippen molar-refractivity contribution in [1.29, 1.82) is 0 Å². The zero-order valence-corrected chi connectivity index (χ0v) is 13.2. The van der Waals surface area contributed by atoms with Crippen molar-refractivity contribution >= 4 is 21.6 Å². The van der Waals surface area contributed by atoms with Crippen molar-refractivity contribution in [3.05, 3.63) is 63.1 Å². The lowest BCUT2D eigenvalue weighted by molar-refractivity contribution is 0.577. The first-order valence-corrected chi connectivity index (χ1v) is 7.15. The SMILES string of the molecule is Cc1cc(C)c(NC(C)c2cc(F)cc(F)c2)c(Br)c1. The standard InChI is InChI=1S/C16H16BrF2N/c1-9-4-10(2)16(15(17)5-9)20-11(3)12-6-13(18)8-14(19)7-12/h4-8,11,20H,1-3H3. The van der Waals surface area contributed by atoms with E-state index >= 15 is 0 Å². The molecule has 0 spiro atoms. The van der Waals surface area contributed by atoms with E-state index in [2.05, 4.69) is 27.3 Å². The third-order valence-corrected chi connectivity index (χ3v) is 3.80. The number of aryl methyl sites for hydroxylation is 2. The molecule has 0 saturated heterocycles. The first kappa shape index (κ1) is 15.0. The molecule has 2 aromatic carbocycles. The van der Waals surface area contributed by atoms with Crippen LogP contribution in [0.4, 0.5) is 14.5 Å². The maximum Gasteiger partial charge on any atom is 0.126 e. The second-order valence-electron chi connectivity index (χ2n) is 5.01. The van der Waals surface area contributed by atoms with Crippen molar-refractivity contribution < 1.29 is 8.78 Å². The van der Waals surface area contributed by atoms with E-state index in [-0.39, 0.29) is 6.04 Å². The summed E-state index contributed by atoms with van der Waals surface area (Å²) >= 11 is 3.52. The van der Waals surface area contributed by atoms with Crippen molar-refractivity contribution in [2.45, 2.75) is 26.8 Å². The van der Waals surface area contributed by atoms with Crippen LogP contribution in [0.15, 0.2) is 34.8 Å². The van der Waals surface area contributed by atoms with Gasteiger partial charge in [-0.25, -0.2) is 8.78 Å². The minimum Gasteiger partial charge on any atom is -0.377 e. The maximum atomic E-state index is 13.3. The molecule has 0 fully saturated rings. The van der Waals surface area contributed by atoms with E-state index in [0.717, 1.165) is 27.4 Å². The number of nitrogens with one attached hydrogen (secondary N) is 1. The summed E-state index contributed by atoms with van der Waals surface area (Å²) < 4.78 is 27.5. The van der Waals surface area contributed by atoms with Gasteiger partial charge in [0.15, 0.2) is 0 Å². The largest absolute Gasteiger partial charge is 0.377 e. The molecule has 1 unspecified atom stereocenters. The molecule has 0 bridgehead atoms. The third-order valence-electron chi connectivity index (χ3n) is 3.18. The van der Waals surface area contributed by atoms with E-state index < -0.39 is 11.6 Å². The van der Waals surface area contributed by atoms with Crippen LogP contribution in [0.2, 0.25) is 0 Å². The Morgan fingerprint density at radius 2 is 1.60 bits per heavy atom. The third kappa shape index (κ3) is 3.37. The number of halogens is 3. The molecule has 0 amide bonds. The van der Waals surface area contributed by atoms with Crippen LogP contribution in [-0.2, 0) is 0 Å². The molecular weight excluding hydrogens is 324 g/mol. The van der Waals surface area contributed by atoms with Gasteiger partial charge in [-0.15, -0.1) is 0 Å². The summed E-state index contributed by atoms with van der Waals surface area (Å²) in [6.07, 6.45) is 0. The molecule has 4 heteroatoms.